The normalized spacial score (nSPS) is 11.9. The number of hydrogen-bond acceptors (Lipinski definition) is 5. The van der Waals surface area contributed by atoms with Gasteiger partial charge in [0.15, 0.2) is 15.5 Å². The van der Waals surface area contributed by atoms with Gasteiger partial charge in [0.25, 0.3) is 0 Å². The van der Waals surface area contributed by atoms with Crippen LogP contribution >= 0.6 is 11.3 Å². The zero-order valence-corrected chi connectivity index (χ0v) is 9.93. The molecule has 0 saturated heterocycles. The molecule has 0 amide bonds. The average Bonchev–Trinajstić information content (AvgIpc) is 2.51. The Hall–Kier alpha value is -0.950. The molecule has 0 atom stereocenters. The van der Waals surface area contributed by atoms with Gasteiger partial charge < -0.3 is 5.11 Å². The quantitative estimate of drug-likeness (QED) is 0.865. The van der Waals surface area contributed by atoms with Crippen molar-refractivity contribution in [2.24, 2.45) is 0 Å². The smallest absolute Gasteiger partial charge is 0.355 e. The number of hydrogen-bond donors (Lipinski definition) is 1. The fourth-order valence-electron chi connectivity index (χ4n) is 0.897. The van der Waals surface area contributed by atoms with Crippen LogP contribution in [0.25, 0.3) is 0 Å². The molecule has 0 bridgehead atoms. The molecule has 0 fully saturated rings. The first kappa shape index (κ1) is 12.1. The number of aromatic nitrogens is 1. The minimum absolute atomic E-state index is 0.163. The number of carbonyl (C=O) groups is 1. The van der Waals surface area contributed by atoms with Crippen molar-refractivity contribution in [2.45, 2.75) is 24.9 Å². The maximum absolute atomic E-state index is 11.6. The largest absolute Gasteiger partial charge is 0.476 e. The van der Waals surface area contributed by atoms with E-state index < -0.39 is 21.1 Å². The molecule has 1 N–H and O–H groups in total. The first-order chi connectivity index (χ1) is 6.84. The number of thiazole rings is 1. The van der Waals surface area contributed by atoms with E-state index >= 15 is 0 Å². The Morgan fingerprint density at radius 2 is 2.20 bits per heavy atom. The number of carboxylic acid groups (broad SMARTS) is 1. The van der Waals surface area contributed by atoms with Gasteiger partial charge in [-0.25, -0.2) is 18.2 Å². The van der Waals surface area contributed by atoms with Crippen molar-refractivity contribution in [3.8, 4) is 0 Å². The standard InChI is InChI=1S/C8H11NO4S2/c1-5(2)15(12,13)3-6-7(8(10)11)9-4-14-6/h4-5H,3H2,1-2H3,(H,10,11). The topological polar surface area (TPSA) is 84.3 Å². The van der Waals surface area contributed by atoms with Crippen LogP contribution in [-0.4, -0.2) is 29.7 Å². The average molecular weight is 249 g/mol. The number of nitrogens with zero attached hydrogens (tertiary/aromatic N) is 1. The Morgan fingerprint density at radius 1 is 1.60 bits per heavy atom. The van der Waals surface area contributed by atoms with Crippen LogP contribution in [0.4, 0.5) is 0 Å². The molecule has 0 aliphatic heterocycles. The summed E-state index contributed by atoms with van der Waals surface area (Å²) >= 11 is 1.05. The molecule has 5 nitrogen and oxygen atoms in total. The Labute approximate surface area is 91.7 Å². The van der Waals surface area contributed by atoms with E-state index in [1.807, 2.05) is 0 Å². The second-order valence-corrected chi connectivity index (χ2v) is 6.78. The predicted molar refractivity (Wildman–Crippen MR) is 56.8 cm³/mol. The summed E-state index contributed by atoms with van der Waals surface area (Å²) in [5, 5.41) is 8.23. The third-order valence-electron chi connectivity index (χ3n) is 1.89. The molecule has 0 aromatic carbocycles. The summed E-state index contributed by atoms with van der Waals surface area (Å²) in [5.74, 6) is -1.44. The predicted octanol–water partition coefficient (Wildman–Crippen LogP) is 1.16. The van der Waals surface area contributed by atoms with Gasteiger partial charge in [-0.2, -0.15) is 0 Å². The van der Waals surface area contributed by atoms with E-state index in [0.29, 0.717) is 0 Å². The summed E-state index contributed by atoms with van der Waals surface area (Å²) < 4.78 is 23.1. The minimum atomic E-state index is -3.27. The lowest BCUT2D eigenvalue weighted by molar-refractivity contribution is 0.0690. The van der Waals surface area contributed by atoms with E-state index in [0.717, 1.165) is 11.3 Å². The lowest BCUT2D eigenvalue weighted by atomic mass is 10.4. The van der Waals surface area contributed by atoms with Crippen LogP contribution in [0.3, 0.4) is 0 Å². The van der Waals surface area contributed by atoms with Crippen molar-refractivity contribution < 1.29 is 18.3 Å². The number of sulfone groups is 1. The van der Waals surface area contributed by atoms with Crippen LogP contribution in [0.1, 0.15) is 29.2 Å². The first-order valence-electron chi connectivity index (χ1n) is 4.22. The molecule has 1 aromatic heterocycles. The molecule has 7 heteroatoms. The van der Waals surface area contributed by atoms with Crippen molar-refractivity contribution in [3.05, 3.63) is 16.1 Å². The zero-order valence-electron chi connectivity index (χ0n) is 8.30. The third-order valence-corrected chi connectivity index (χ3v) is 5.04. The van der Waals surface area contributed by atoms with Crippen molar-refractivity contribution in [1.29, 1.82) is 0 Å². The summed E-state index contributed by atoms with van der Waals surface area (Å²) in [6.45, 7) is 3.13. The summed E-state index contributed by atoms with van der Waals surface area (Å²) in [6.07, 6.45) is 0. The molecule has 0 aliphatic carbocycles. The lowest BCUT2D eigenvalue weighted by Crippen LogP contribution is -2.17. The number of aromatic carboxylic acids is 1. The van der Waals surface area contributed by atoms with Crippen LogP contribution in [0, 0.1) is 0 Å². The van der Waals surface area contributed by atoms with Gasteiger partial charge in [0.1, 0.15) is 0 Å². The van der Waals surface area contributed by atoms with Crippen LogP contribution in [-0.2, 0) is 15.6 Å². The Kier molecular flexibility index (Phi) is 3.46. The van der Waals surface area contributed by atoms with E-state index in [1.54, 1.807) is 13.8 Å². The van der Waals surface area contributed by atoms with E-state index in [-0.39, 0.29) is 16.3 Å². The number of carboxylic acids is 1. The zero-order chi connectivity index (χ0) is 11.6. The highest BCUT2D eigenvalue weighted by Gasteiger charge is 2.22. The minimum Gasteiger partial charge on any atom is -0.476 e. The van der Waals surface area contributed by atoms with Crippen molar-refractivity contribution in [1.82, 2.24) is 4.98 Å². The second-order valence-electron chi connectivity index (χ2n) is 3.29. The molecule has 0 spiro atoms. The van der Waals surface area contributed by atoms with Gasteiger partial charge in [-0.05, 0) is 13.8 Å². The lowest BCUT2D eigenvalue weighted by Gasteiger charge is -2.05. The van der Waals surface area contributed by atoms with E-state index in [9.17, 15) is 13.2 Å². The highest BCUT2D eigenvalue weighted by Crippen LogP contribution is 2.19. The van der Waals surface area contributed by atoms with Crippen LogP contribution in [0.2, 0.25) is 0 Å². The Bertz CT molecular complexity index is 461. The highest BCUT2D eigenvalue weighted by atomic mass is 32.2. The first-order valence-corrected chi connectivity index (χ1v) is 6.81. The summed E-state index contributed by atoms with van der Waals surface area (Å²) in [7, 11) is -3.27. The second kappa shape index (κ2) is 4.28. The maximum Gasteiger partial charge on any atom is 0.355 e. The van der Waals surface area contributed by atoms with Gasteiger partial charge in [-0.3, -0.25) is 0 Å². The molecule has 0 aliphatic rings. The summed E-state index contributed by atoms with van der Waals surface area (Å²) in [4.78, 5) is 14.6. The molecule has 0 saturated carbocycles. The molecule has 1 heterocycles. The van der Waals surface area contributed by atoms with Gasteiger partial charge in [-0.15, -0.1) is 11.3 Å². The molecule has 1 rings (SSSR count). The van der Waals surface area contributed by atoms with Crippen LogP contribution in [0.15, 0.2) is 5.51 Å². The van der Waals surface area contributed by atoms with Gasteiger partial charge in [-0.1, -0.05) is 0 Å². The summed E-state index contributed by atoms with van der Waals surface area (Å²) in [6, 6.07) is 0. The molecular formula is C8H11NO4S2. The molecule has 15 heavy (non-hydrogen) atoms. The fraction of sp³-hybridized carbons (Fsp3) is 0.500. The van der Waals surface area contributed by atoms with E-state index in [2.05, 4.69) is 4.98 Å². The van der Waals surface area contributed by atoms with E-state index in [1.165, 1.54) is 5.51 Å². The van der Waals surface area contributed by atoms with Crippen LogP contribution < -0.4 is 0 Å². The molecule has 84 valence electrons. The Balaban J connectivity index is 3.01. The molecular weight excluding hydrogens is 238 g/mol. The Morgan fingerprint density at radius 3 is 2.67 bits per heavy atom. The van der Waals surface area contributed by atoms with Crippen molar-refractivity contribution >= 4 is 27.1 Å². The third kappa shape index (κ3) is 2.75. The van der Waals surface area contributed by atoms with Crippen molar-refractivity contribution in [2.75, 3.05) is 0 Å². The fourth-order valence-corrected chi connectivity index (χ4v) is 3.03. The SMILES string of the molecule is CC(C)S(=O)(=O)Cc1scnc1C(=O)O. The van der Waals surface area contributed by atoms with Crippen LogP contribution in [0.5, 0.6) is 0 Å². The summed E-state index contributed by atoms with van der Waals surface area (Å²) in [5.41, 5.74) is 1.18. The monoisotopic (exact) mass is 249 g/mol. The molecule has 0 unspecified atom stereocenters. The highest BCUT2D eigenvalue weighted by molar-refractivity contribution is 7.91. The molecule has 0 radical (unpaired) electrons. The maximum atomic E-state index is 11.6. The van der Waals surface area contributed by atoms with Gasteiger partial charge in [0, 0.05) is 0 Å². The van der Waals surface area contributed by atoms with E-state index in [4.69, 9.17) is 5.11 Å². The van der Waals surface area contributed by atoms with Crippen molar-refractivity contribution in [3.63, 3.8) is 0 Å². The number of rotatable bonds is 4. The van der Waals surface area contributed by atoms with Gasteiger partial charge >= 0.3 is 5.97 Å². The van der Waals surface area contributed by atoms with Gasteiger partial charge in [0.05, 0.1) is 21.4 Å². The van der Waals surface area contributed by atoms with Gasteiger partial charge in [0.2, 0.25) is 0 Å². The molecule has 1 aromatic rings.